The number of benzene rings is 1. The SMILES string of the molecule is CC(C)Cn1c(SCC(=O)c2ccc(Br)cc2)nc2c1c(=O)[nH]c(=O)n2C. The average molecular weight is 451 g/mol. The van der Waals surface area contributed by atoms with Crippen molar-refractivity contribution in [3.8, 4) is 0 Å². The molecule has 1 aromatic carbocycles. The number of aromatic amines is 1. The van der Waals surface area contributed by atoms with Crippen molar-refractivity contribution in [2.75, 3.05) is 5.75 Å². The quantitative estimate of drug-likeness (QED) is 0.460. The Hall–Kier alpha value is -2.13. The summed E-state index contributed by atoms with van der Waals surface area (Å²) in [5.74, 6) is 0.425. The van der Waals surface area contributed by atoms with E-state index in [0.717, 1.165) is 4.47 Å². The Kier molecular flexibility index (Phi) is 5.71. The van der Waals surface area contributed by atoms with Crippen LogP contribution in [0.5, 0.6) is 0 Å². The zero-order valence-electron chi connectivity index (χ0n) is 15.2. The summed E-state index contributed by atoms with van der Waals surface area (Å²) in [4.78, 5) is 43.5. The zero-order chi connectivity index (χ0) is 19.7. The van der Waals surface area contributed by atoms with Gasteiger partial charge in [0.25, 0.3) is 5.56 Å². The van der Waals surface area contributed by atoms with Gasteiger partial charge in [0.05, 0.1) is 5.75 Å². The number of ketones is 1. The third-order valence-electron chi connectivity index (χ3n) is 4.02. The van der Waals surface area contributed by atoms with E-state index in [1.807, 2.05) is 26.0 Å². The van der Waals surface area contributed by atoms with E-state index in [-0.39, 0.29) is 17.5 Å². The number of aryl methyl sites for hydroxylation is 1. The predicted octanol–water partition coefficient (Wildman–Crippen LogP) is 2.82. The lowest BCUT2D eigenvalue weighted by molar-refractivity contribution is 0.102. The summed E-state index contributed by atoms with van der Waals surface area (Å²) in [5.41, 5.74) is 0.311. The van der Waals surface area contributed by atoms with Gasteiger partial charge in [-0.15, -0.1) is 0 Å². The van der Waals surface area contributed by atoms with Gasteiger partial charge in [0.15, 0.2) is 22.1 Å². The summed E-state index contributed by atoms with van der Waals surface area (Å²) >= 11 is 4.62. The number of carbonyl (C=O) groups is 1. The molecule has 0 aliphatic carbocycles. The van der Waals surface area contributed by atoms with Crippen molar-refractivity contribution in [2.24, 2.45) is 13.0 Å². The first kappa shape index (κ1) is 19.6. The van der Waals surface area contributed by atoms with Gasteiger partial charge < -0.3 is 4.57 Å². The van der Waals surface area contributed by atoms with Gasteiger partial charge >= 0.3 is 5.69 Å². The zero-order valence-corrected chi connectivity index (χ0v) is 17.6. The monoisotopic (exact) mass is 450 g/mol. The molecular weight excluding hydrogens is 432 g/mol. The minimum absolute atomic E-state index is 0.0292. The topological polar surface area (TPSA) is 89.8 Å². The van der Waals surface area contributed by atoms with E-state index in [0.29, 0.717) is 28.4 Å². The van der Waals surface area contributed by atoms with Crippen molar-refractivity contribution in [2.45, 2.75) is 25.5 Å². The van der Waals surface area contributed by atoms with Crippen molar-refractivity contribution in [3.05, 3.63) is 55.1 Å². The summed E-state index contributed by atoms with van der Waals surface area (Å²) in [6.07, 6.45) is 0. The highest BCUT2D eigenvalue weighted by Crippen LogP contribution is 2.24. The maximum atomic E-state index is 12.5. The highest BCUT2D eigenvalue weighted by molar-refractivity contribution is 9.10. The minimum atomic E-state index is -0.510. The van der Waals surface area contributed by atoms with E-state index in [2.05, 4.69) is 25.9 Å². The minimum Gasteiger partial charge on any atom is -0.313 e. The molecule has 27 heavy (non-hydrogen) atoms. The van der Waals surface area contributed by atoms with Crippen molar-refractivity contribution < 1.29 is 4.79 Å². The highest BCUT2D eigenvalue weighted by Gasteiger charge is 2.19. The van der Waals surface area contributed by atoms with Crippen molar-refractivity contribution in [1.82, 2.24) is 19.1 Å². The Balaban J connectivity index is 1.98. The normalized spacial score (nSPS) is 11.4. The molecule has 0 bridgehead atoms. The van der Waals surface area contributed by atoms with Crippen LogP contribution in [0.15, 0.2) is 43.5 Å². The maximum Gasteiger partial charge on any atom is 0.329 e. The number of imidazole rings is 1. The van der Waals surface area contributed by atoms with Gasteiger partial charge in [0.2, 0.25) is 0 Å². The third kappa shape index (κ3) is 4.08. The Bertz CT molecular complexity index is 1110. The summed E-state index contributed by atoms with van der Waals surface area (Å²) < 4.78 is 4.01. The molecular formula is C18H19BrN4O3S. The van der Waals surface area contributed by atoms with Crippen LogP contribution in [0.2, 0.25) is 0 Å². The fourth-order valence-corrected chi connectivity index (χ4v) is 3.87. The summed E-state index contributed by atoms with van der Waals surface area (Å²) in [6, 6.07) is 7.17. The van der Waals surface area contributed by atoms with Crippen LogP contribution in [0.25, 0.3) is 11.2 Å². The molecule has 0 aliphatic rings. The lowest BCUT2D eigenvalue weighted by Gasteiger charge is -2.10. The van der Waals surface area contributed by atoms with Crippen LogP contribution in [0.4, 0.5) is 0 Å². The lowest BCUT2D eigenvalue weighted by atomic mass is 10.2. The number of nitrogens with one attached hydrogen (secondary N) is 1. The van der Waals surface area contributed by atoms with Gasteiger partial charge in [-0.3, -0.25) is 19.1 Å². The van der Waals surface area contributed by atoms with Gasteiger partial charge in [-0.1, -0.05) is 53.7 Å². The van der Waals surface area contributed by atoms with Crippen LogP contribution in [0.1, 0.15) is 24.2 Å². The van der Waals surface area contributed by atoms with Gasteiger partial charge in [0, 0.05) is 23.6 Å². The summed E-state index contributed by atoms with van der Waals surface area (Å²) in [6.45, 7) is 4.62. The summed E-state index contributed by atoms with van der Waals surface area (Å²) in [7, 11) is 1.56. The summed E-state index contributed by atoms with van der Waals surface area (Å²) in [5, 5.41) is 0.552. The number of nitrogens with zero attached hydrogens (tertiary/aromatic N) is 3. The van der Waals surface area contributed by atoms with E-state index < -0.39 is 11.2 Å². The molecule has 0 atom stereocenters. The van der Waals surface area contributed by atoms with Gasteiger partial charge in [-0.2, -0.15) is 0 Å². The molecule has 3 aromatic rings. The number of hydrogen-bond donors (Lipinski definition) is 1. The Morgan fingerprint density at radius 3 is 2.56 bits per heavy atom. The maximum absolute atomic E-state index is 12.5. The van der Waals surface area contributed by atoms with Crippen LogP contribution in [0, 0.1) is 5.92 Å². The van der Waals surface area contributed by atoms with E-state index in [9.17, 15) is 14.4 Å². The first-order chi connectivity index (χ1) is 12.8. The largest absolute Gasteiger partial charge is 0.329 e. The van der Waals surface area contributed by atoms with E-state index >= 15 is 0 Å². The predicted molar refractivity (Wildman–Crippen MR) is 110 cm³/mol. The molecule has 0 aliphatic heterocycles. The number of carbonyl (C=O) groups excluding carboxylic acids is 1. The molecule has 0 amide bonds. The lowest BCUT2D eigenvalue weighted by Crippen LogP contribution is -2.29. The standard InChI is InChI=1S/C18H19BrN4O3S/c1-10(2)8-23-14-15(22(3)17(26)21-16(14)25)20-18(23)27-9-13(24)11-4-6-12(19)7-5-11/h4-7,10H,8-9H2,1-3H3,(H,21,25,26). The molecule has 1 N–H and O–H groups in total. The fraction of sp³-hybridized carbons (Fsp3) is 0.333. The smallest absolute Gasteiger partial charge is 0.313 e. The van der Waals surface area contributed by atoms with E-state index in [4.69, 9.17) is 0 Å². The highest BCUT2D eigenvalue weighted by atomic mass is 79.9. The van der Waals surface area contributed by atoms with E-state index in [1.54, 1.807) is 23.7 Å². The molecule has 3 rings (SSSR count). The van der Waals surface area contributed by atoms with Gasteiger partial charge in [-0.05, 0) is 18.1 Å². The molecule has 0 saturated carbocycles. The number of thioether (sulfide) groups is 1. The molecule has 2 heterocycles. The van der Waals surface area contributed by atoms with Crippen molar-refractivity contribution in [3.63, 3.8) is 0 Å². The molecule has 0 fully saturated rings. The molecule has 2 aromatic heterocycles. The second-order valence-electron chi connectivity index (χ2n) is 6.61. The number of fused-ring (bicyclic) bond motifs is 1. The number of H-pyrrole nitrogens is 1. The Morgan fingerprint density at radius 1 is 1.26 bits per heavy atom. The molecule has 142 valence electrons. The molecule has 0 spiro atoms. The second-order valence-corrected chi connectivity index (χ2v) is 8.47. The number of Topliss-reactive ketones (excluding diaryl/α,β-unsaturated/α-hetero) is 1. The fourth-order valence-electron chi connectivity index (χ4n) is 2.71. The Morgan fingerprint density at radius 2 is 1.93 bits per heavy atom. The molecule has 0 unspecified atom stereocenters. The molecule has 0 saturated heterocycles. The average Bonchev–Trinajstić information content (AvgIpc) is 2.96. The van der Waals surface area contributed by atoms with Crippen molar-refractivity contribution >= 4 is 44.6 Å². The number of halogens is 1. The van der Waals surface area contributed by atoms with Crippen LogP contribution in [0.3, 0.4) is 0 Å². The van der Waals surface area contributed by atoms with Crippen LogP contribution in [-0.4, -0.2) is 30.6 Å². The second kappa shape index (κ2) is 7.85. The number of hydrogen-bond acceptors (Lipinski definition) is 5. The molecule has 0 radical (unpaired) electrons. The van der Waals surface area contributed by atoms with Gasteiger partial charge in [-0.25, -0.2) is 9.78 Å². The Labute approximate surface area is 167 Å². The third-order valence-corrected chi connectivity index (χ3v) is 5.52. The van der Waals surface area contributed by atoms with Crippen molar-refractivity contribution in [1.29, 1.82) is 0 Å². The van der Waals surface area contributed by atoms with E-state index in [1.165, 1.54) is 16.3 Å². The first-order valence-electron chi connectivity index (χ1n) is 8.39. The van der Waals surface area contributed by atoms with Crippen LogP contribution in [-0.2, 0) is 13.6 Å². The molecule has 9 heteroatoms. The molecule has 7 nitrogen and oxygen atoms in total. The number of aromatic nitrogens is 4. The van der Waals surface area contributed by atoms with Crippen LogP contribution >= 0.6 is 27.7 Å². The van der Waals surface area contributed by atoms with Gasteiger partial charge in [0.1, 0.15) is 0 Å². The first-order valence-corrected chi connectivity index (χ1v) is 10.2. The van der Waals surface area contributed by atoms with Crippen LogP contribution < -0.4 is 11.2 Å². The number of rotatable bonds is 6.